The Kier molecular flexibility index (Phi) is 4.62. The SMILES string of the molecule is CC(CN1CCN(C)CC1)Nc1nn2cc(C(C)(C)C)nc2s1. The molecule has 1 aliphatic heterocycles. The van der Waals surface area contributed by atoms with E-state index in [2.05, 4.69) is 55.0 Å². The van der Waals surface area contributed by atoms with Crippen LogP contribution in [-0.4, -0.2) is 70.2 Å². The highest BCUT2D eigenvalue weighted by molar-refractivity contribution is 7.20. The zero-order valence-electron chi connectivity index (χ0n) is 14.8. The second-order valence-electron chi connectivity index (χ2n) is 7.66. The first kappa shape index (κ1) is 16.7. The lowest BCUT2D eigenvalue weighted by molar-refractivity contribution is 0.151. The van der Waals surface area contributed by atoms with Crippen LogP contribution in [0, 0.1) is 0 Å². The van der Waals surface area contributed by atoms with Gasteiger partial charge in [-0.05, 0) is 14.0 Å². The monoisotopic (exact) mass is 336 g/mol. The van der Waals surface area contributed by atoms with Crippen molar-refractivity contribution >= 4 is 21.4 Å². The lowest BCUT2D eigenvalue weighted by Gasteiger charge is -2.33. The van der Waals surface area contributed by atoms with Crippen molar-refractivity contribution in [1.82, 2.24) is 24.4 Å². The van der Waals surface area contributed by atoms with E-state index in [1.165, 1.54) is 0 Å². The average molecular weight is 337 g/mol. The van der Waals surface area contributed by atoms with Gasteiger partial charge in [-0.15, -0.1) is 5.10 Å². The van der Waals surface area contributed by atoms with Gasteiger partial charge in [-0.25, -0.2) is 9.50 Å². The molecule has 3 heterocycles. The Bertz CT molecular complexity index is 616. The van der Waals surface area contributed by atoms with Crippen LogP contribution >= 0.6 is 11.3 Å². The van der Waals surface area contributed by atoms with E-state index < -0.39 is 0 Å². The fourth-order valence-electron chi connectivity index (χ4n) is 2.79. The minimum Gasteiger partial charge on any atom is -0.356 e. The standard InChI is InChI=1S/C16H28N6S/c1-12(10-21-8-6-20(5)7-9-21)17-14-19-22-11-13(16(2,3)4)18-15(22)23-14/h11-12H,6-10H2,1-5H3,(H,17,19). The largest absolute Gasteiger partial charge is 0.356 e. The van der Waals surface area contributed by atoms with Crippen molar-refractivity contribution in [2.75, 3.05) is 45.1 Å². The number of likely N-dealkylation sites (N-methyl/N-ethyl adjacent to an activating group) is 1. The Hall–Kier alpha value is -1.18. The summed E-state index contributed by atoms with van der Waals surface area (Å²) in [6.07, 6.45) is 2.04. The quantitative estimate of drug-likeness (QED) is 0.927. The minimum atomic E-state index is 0.0652. The third kappa shape index (κ3) is 4.02. The van der Waals surface area contributed by atoms with Gasteiger partial charge in [0.15, 0.2) is 0 Å². The van der Waals surface area contributed by atoms with Gasteiger partial charge in [-0.1, -0.05) is 32.1 Å². The Balaban J connectivity index is 1.59. The molecule has 7 heteroatoms. The van der Waals surface area contributed by atoms with Crippen LogP contribution in [0.25, 0.3) is 4.96 Å². The summed E-state index contributed by atoms with van der Waals surface area (Å²) in [5.74, 6) is 0. The predicted octanol–water partition coefficient (Wildman–Crippen LogP) is 2.14. The molecule has 0 saturated carbocycles. The van der Waals surface area contributed by atoms with E-state index in [0.717, 1.165) is 48.5 Å². The maximum Gasteiger partial charge on any atom is 0.214 e. The highest BCUT2D eigenvalue weighted by atomic mass is 32.1. The molecule has 0 bridgehead atoms. The summed E-state index contributed by atoms with van der Waals surface area (Å²) in [6.45, 7) is 14.4. The molecule has 3 rings (SSSR count). The summed E-state index contributed by atoms with van der Waals surface area (Å²) in [4.78, 5) is 10.6. The Labute approximate surface area is 142 Å². The molecule has 1 N–H and O–H groups in total. The van der Waals surface area contributed by atoms with Gasteiger partial charge in [0.05, 0.1) is 11.9 Å². The summed E-state index contributed by atoms with van der Waals surface area (Å²) >= 11 is 1.63. The molecule has 1 saturated heterocycles. The summed E-state index contributed by atoms with van der Waals surface area (Å²) in [7, 11) is 2.19. The van der Waals surface area contributed by atoms with Gasteiger partial charge in [-0.3, -0.25) is 4.90 Å². The van der Waals surface area contributed by atoms with E-state index in [-0.39, 0.29) is 5.41 Å². The number of aromatic nitrogens is 3. The smallest absolute Gasteiger partial charge is 0.214 e. The van der Waals surface area contributed by atoms with E-state index in [1.54, 1.807) is 11.3 Å². The molecule has 128 valence electrons. The van der Waals surface area contributed by atoms with Gasteiger partial charge in [0.25, 0.3) is 0 Å². The number of fused-ring (bicyclic) bond motifs is 1. The second-order valence-corrected chi connectivity index (χ2v) is 8.62. The average Bonchev–Trinajstić information content (AvgIpc) is 2.99. The molecule has 6 nitrogen and oxygen atoms in total. The molecule has 0 spiro atoms. The van der Waals surface area contributed by atoms with Gasteiger partial charge in [0, 0.05) is 44.2 Å². The molecule has 1 atom stereocenters. The van der Waals surface area contributed by atoms with E-state index >= 15 is 0 Å². The Morgan fingerprint density at radius 2 is 1.96 bits per heavy atom. The number of rotatable bonds is 4. The topological polar surface area (TPSA) is 48.7 Å². The fraction of sp³-hybridized carbons (Fsp3) is 0.750. The zero-order valence-corrected chi connectivity index (χ0v) is 15.7. The molecule has 1 fully saturated rings. The highest BCUT2D eigenvalue weighted by Gasteiger charge is 2.20. The van der Waals surface area contributed by atoms with Crippen LogP contribution < -0.4 is 5.32 Å². The molecule has 0 aromatic carbocycles. The van der Waals surface area contributed by atoms with Crippen molar-refractivity contribution < 1.29 is 0 Å². The first-order valence-corrected chi connectivity index (χ1v) is 9.17. The Morgan fingerprint density at radius 3 is 2.57 bits per heavy atom. The van der Waals surface area contributed by atoms with Crippen LogP contribution in [0.2, 0.25) is 0 Å². The van der Waals surface area contributed by atoms with Crippen molar-refractivity contribution in [2.24, 2.45) is 0 Å². The van der Waals surface area contributed by atoms with Crippen LogP contribution in [0.5, 0.6) is 0 Å². The number of nitrogens with one attached hydrogen (secondary N) is 1. The van der Waals surface area contributed by atoms with Crippen LogP contribution in [0.3, 0.4) is 0 Å². The number of hydrogen-bond donors (Lipinski definition) is 1. The number of imidazole rings is 1. The third-order valence-electron chi connectivity index (χ3n) is 4.31. The zero-order chi connectivity index (χ0) is 16.6. The van der Waals surface area contributed by atoms with E-state index in [1.807, 2.05) is 10.7 Å². The van der Waals surface area contributed by atoms with E-state index in [4.69, 9.17) is 4.98 Å². The van der Waals surface area contributed by atoms with Gasteiger partial charge < -0.3 is 10.2 Å². The lowest BCUT2D eigenvalue weighted by Crippen LogP contribution is -2.47. The molecular formula is C16H28N6S. The minimum absolute atomic E-state index is 0.0652. The summed E-state index contributed by atoms with van der Waals surface area (Å²) in [6, 6.07) is 0.386. The first-order valence-electron chi connectivity index (χ1n) is 8.35. The summed E-state index contributed by atoms with van der Waals surface area (Å²) in [5, 5.41) is 9.11. The molecule has 0 amide bonds. The number of nitrogens with zero attached hydrogens (tertiary/aromatic N) is 5. The van der Waals surface area contributed by atoms with E-state index in [0.29, 0.717) is 6.04 Å². The molecule has 0 aliphatic carbocycles. The van der Waals surface area contributed by atoms with Crippen LogP contribution in [0.4, 0.5) is 5.13 Å². The maximum absolute atomic E-state index is 4.70. The Morgan fingerprint density at radius 1 is 1.26 bits per heavy atom. The molecule has 2 aromatic rings. The first-order chi connectivity index (χ1) is 10.8. The molecule has 23 heavy (non-hydrogen) atoms. The number of piperazine rings is 1. The normalized spacial score (nSPS) is 19.3. The van der Waals surface area contributed by atoms with Crippen molar-refractivity contribution in [3.8, 4) is 0 Å². The molecule has 1 aliphatic rings. The molecule has 0 radical (unpaired) electrons. The van der Waals surface area contributed by atoms with Gasteiger partial charge >= 0.3 is 0 Å². The second kappa shape index (κ2) is 6.37. The van der Waals surface area contributed by atoms with Crippen LogP contribution in [-0.2, 0) is 5.41 Å². The van der Waals surface area contributed by atoms with Gasteiger partial charge in [0.1, 0.15) is 0 Å². The molecule has 2 aromatic heterocycles. The van der Waals surface area contributed by atoms with Crippen LogP contribution in [0.1, 0.15) is 33.4 Å². The molecular weight excluding hydrogens is 308 g/mol. The van der Waals surface area contributed by atoms with Crippen molar-refractivity contribution in [2.45, 2.75) is 39.2 Å². The third-order valence-corrected chi connectivity index (χ3v) is 5.16. The highest BCUT2D eigenvalue weighted by Crippen LogP contribution is 2.25. The van der Waals surface area contributed by atoms with Crippen LogP contribution in [0.15, 0.2) is 6.20 Å². The lowest BCUT2D eigenvalue weighted by atomic mass is 9.93. The summed E-state index contributed by atoms with van der Waals surface area (Å²) in [5.41, 5.74) is 1.16. The van der Waals surface area contributed by atoms with Gasteiger partial charge in [-0.2, -0.15) is 0 Å². The molecule has 1 unspecified atom stereocenters. The van der Waals surface area contributed by atoms with E-state index in [9.17, 15) is 0 Å². The van der Waals surface area contributed by atoms with Crippen molar-refractivity contribution in [3.05, 3.63) is 11.9 Å². The number of anilines is 1. The summed E-state index contributed by atoms with van der Waals surface area (Å²) < 4.78 is 1.90. The van der Waals surface area contributed by atoms with Crippen molar-refractivity contribution in [3.63, 3.8) is 0 Å². The fourth-order valence-corrected chi connectivity index (χ4v) is 3.69. The maximum atomic E-state index is 4.70. The van der Waals surface area contributed by atoms with Crippen molar-refractivity contribution in [1.29, 1.82) is 0 Å². The predicted molar refractivity (Wildman–Crippen MR) is 96.6 cm³/mol. The number of hydrogen-bond acceptors (Lipinski definition) is 6. The van der Waals surface area contributed by atoms with Gasteiger partial charge in [0.2, 0.25) is 10.1 Å².